The number of ether oxygens (including phenoxy) is 1. The van der Waals surface area contributed by atoms with Gasteiger partial charge in [-0.25, -0.2) is 0 Å². The lowest BCUT2D eigenvalue weighted by Crippen LogP contribution is -2.23. The van der Waals surface area contributed by atoms with Crippen LogP contribution in [0.5, 0.6) is 5.75 Å². The van der Waals surface area contributed by atoms with Gasteiger partial charge >= 0.3 is 0 Å². The summed E-state index contributed by atoms with van der Waals surface area (Å²) in [6.07, 6.45) is 8.07. The number of phenolic OH excluding ortho intramolecular Hbond substituents is 1. The topological polar surface area (TPSA) is 41.5 Å². The fourth-order valence-corrected chi connectivity index (χ4v) is 2.78. The molecular weight excluding hydrogens is 250 g/mol. The average molecular weight is 277 g/mol. The lowest BCUT2D eigenvalue weighted by atomic mass is 9.98. The van der Waals surface area contributed by atoms with Crippen molar-refractivity contribution in [3.63, 3.8) is 0 Å². The van der Waals surface area contributed by atoms with Crippen molar-refractivity contribution in [1.82, 2.24) is 5.32 Å². The lowest BCUT2D eigenvalue weighted by molar-refractivity contribution is 0.0271. The van der Waals surface area contributed by atoms with Gasteiger partial charge in [-0.05, 0) is 50.4 Å². The quantitative estimate of drug-likeness (QED) is 0.745. The number of aromatic hydroxyl groups is 1. The van der Waals surface area contributed by atoms with Crippen LogP contribution < -0.4 is 5.32 Å². The van der Waals surface area contributed by atoms with Crippen molar-refractivity contribution in [3.8, 4) is 5.75 Å². The summed E-state index contributed by atoms with van der Waals surface area (Å²) in [5, 5.41) is 12.9. The molecule has 0 spiro atoms. The number of phenols is 1. The molecule has 0 aromatic heterocycles. The van der Waals surface area contributed by atoms with Crippen molar-refractivity contribution in [1.29, 1.82) is 0 Å². The summed E-state index contributed by atoms with van der Waals surface area (Å²) < 4.78 is 5.91. The predicted molar refractivity (Wildman–Crippen MR) is 82.0 cm³/mol. The van der Waals surface area contributed by atoms with E-state index < -0.39 is 0 Å². The Morgan fingerprint density at radius 1 is 1.30 bits per heavy atom. The molecule has 1 aliphatic rings. The van der Waals surface area contributed by atoms with Gasteiger partial charge in [-0.2, -0.15) is 0 Å². The Bertz CT molecular complexity index is 388. The minimum Gasteiger partial charge on any atom is -0.508 e. The average Bonchev–Trinajstić information content (AvgIpc) is 2.48. The fraction of sp³-hybridized carbons (Fsp3) is 0.647. The Morgan fingerprint density at radius 2 is 2.10 bits per heavy atom. The van der Waals surface area contributed by atoms with Crippen LogP contribution in [0.25, 0.3) is 0 Å². The summed E-state index contributed by atoms with van der Waals surface area (Å²) in [6, 6.07) is 7.70. The van der Waals surface area contributed by atoms with E-state index in [2.05, 4.69) is 12.2 Å². The summed E-state index contributed by atoms with van der Waals surface area (Å²) in [7, 11) is 0. The molecule has 0 bridgehead atoms. The maximum absolute atomic E-state index is 9.47. The molecule has 3 nitrogen and oxygen atoms in total. The first-order valence-corrected chi connectivity index (χ1v) is 7.89. The van der Waals surface area contributed by atoms with E-state index in [-0.39, 0.29) is 6.04 Å². The van der Waals surface area contributed by atoms with E-state index >= 15 is 0 Å². The monoisotopic (exact) mass is 277 g/mol. The second kappa shape index (κ2) is 8.28. The Kier molecular flexibility index (Phi) is 6.34. The third-order valence-electron chi connectivity index (χ3n) is 4.05. The summed E-state index contributed by atoms with van der Waals surface area (Å²) in [6.45, 7) is 3.92. The van der Waals surface area contributed by atoms with Crippen LogP contribution in [-0.2, 0) is 4.74 Å². The molecule has 1 aromatic rings. The van der Waals surface area contributed by atoms with Gasteiger partial charge in [0, 0.05) is 12.6 Å². The molecule has 0 saturated heterocycles. The molecule has 20 heavy (non-hydrogen) atoms. The second-order valence-electron chi connectivity index (χ2n) is 5.76. The molecule has 0 aliphatic heterocycles. The van der Waals surface area contributed by atoms with Gasteiger partial charge < -0.3 is 15.2 Å². The number of hydrogen-bond acceptors (Lipinski definition) is 3. The first kappa shape index (κ1) is 15.3. The maximum Gasteiger partial charge on any atom is 0.115 e. The molecule has 3 heteroatoms. The number of hydrogen-bond donors (Lipinski definition) is 2. The van der Waals surface area contributed by atoms with Crippen LogP contribution in [0.1, 0.15) is 57.1 Å². The van der Waals surface area contributed by atoms with Crippen molar-refractivity contribution in [2.75, 3.05) is 13.2 Å². The molecule has 2 rings (SSSR count). The van der Waals surface area contributed by atoms with Crippen LogP contribution >= 0.6 is 0 Å². The minimum absolute atomic E-state index is 0.261. The predicted octanol–water partition coefficient (Wildman–Crippen LogP) is 3.78. The standard InChI is InChI=1S/C17H27NO2/c1-14(15-7-5-8-16(19)13-15)18-11-6-12-20-17-9-3-2-4-10-17/h5,7-8,13-14,17-19H,2-4,6,9-12H2,1H3. The normalized spacial score (nSPS) is 18.1. The van der Waals surface area contributed by atoms with E-state index in [0.717, 1.165) is 25.1 Å². The van der Waals surface area contributed by atoms with E-state index in [1.54, 1.807) is 6.07 Å². The first-order valence-electron chi connectivity index (χ1n) is 7.89. The second-order valence-corrected chi connectivity index (χ2v) is 5.76. The zero-order valence-electron chi connectivity index (χ0n) is 12.5. The molecule has 112 valence electrons. The molecule has 0 radical (unpaired) electrons. The van der Waals surface area contributed by atoms with Crippen molar-refractivity contribution in [2.45, 2.75) is 57.6 Å². The zero-order valence-corrected chi connectivity index (χ0v) is 12.5. The fourth-order valence-electron chi connectivity index (χ4n) is 2.78. The molecule has 0 amide bonds. The van der Waals surface area contributed by atoms with Gasteiger partial charge in [-0.1, -0.05) is 31.4 Å². The van der Waals surface area contributed by atoms with E-state index in [9.17, 15) is 5.11 Å². The van der Waals surface area contributed by atoms with E-state index in [1.165, 1.54) is 32.1 Å². The molecular formula is C17H27NO2. The van der Waals surface area contributed by atoms with Crippen LogP contribution in [0.3, 0.4) is 0 Å². The smallest absolute Gasteiger partial charge is 0.115 e. The Labute approximate surface area is 122 Å². The van der Waals surface area contributed by atoms with Crippen LogP contribution in [0.15, 0.2) is 24.3 Å². The molecule has 1 saturated carbocycles. The number of benzene rings is 1. The van der Waals surface area contributed by atoms with Gasteiger partial charge in [0.15, 0.2) is 0 Å². The van der Waals surface area contributed by atoms with E-state index in [0.29, 0.717) is 11.9 Å². The highest BCUT2D eigenvalue weighted by molar-refractivity contribution is 5.28. The molecule has 1 fully saturated rings. The third kappa shape index (κ3) is 5.14. The highest BCUT2D eigenvalue weighted by atomic mass is 16.5. The highest BCUT2D eigenvalue weighted by Gasteiger charge is 2.13. The van der Waals surface area contributed by atoms with Gasteiger partial charge in [0.1, 0.15) is 5.75 Å². The molecule has 1 atom stereocenters. The SMILES string of the molecule is CC(NCCCOC1CCCCC1)c1cccc(O)c1. The molecule has 1 unspecified atom stereocenters. The number of rotatable bonds is 7. The Morgan fingerprint density at radius 3 is 2.85 bits per heavy atom. The summed E-state index contributed by atoms with van der Waals surface area (Å²) >= 11 is 0. The van der Waals surface area contributed by atoms with Gasteiger partial charge in [0.2, 0.25) is 0 Å². The van der Waals surface area contributed by atoms with Crippen molar-refractivity contribution in [3.05, 3.63) is 29.8 Å². The molecule has 2 N–H and O–H groups in total. The Balaban J connectivity index is 1.58. The van der Waals surface area contributed by atoms with Gasteiger partial charge in [-0.3, -0.25) is 0 Å². The zero-order chi connectivity index (χ0) is 14.2. The van der Waals surface area contributed by atoms with Gasteiger partial charge in [-0.15, -0.1) is 0 Å². The van der Waals surface area contributed by atoms with Crippen LogP contribution in [0, 0.1) is 0 Å². The van der Waals surface area contributed by atoms with Crippen LogP contribution in [0.4, 0.5) is 0 Å². The van der Waals surface area contributed by atoms with Crippen LogP contribution in [-0.4, -0.2) is 24.4 Å². The van der Waals surface area contributed by atoms with Gasteiger partial charge in [0.25, 0.3) is 0 Å². The summed E-state index contributed by atoms with van der Waals surface area (Å²) in [5.41, 5.74) is 1.12. The van der Waals surface area contributed by atoms with Crippen LogP contribution in [0.2, 0.25) is 0 Å². The summed E-state index contributed by atoms with van der Waals surface area (Å²) in [4.78, 5) is 0. The van der Waals surface area contributed by atoms with Crippen molar-refractivity contribution >= 4 is 0 Å². The maximum atomic E-state index is 9.47. The lowest BCUT2D eigenvalue weighted by Gasteiger charge is -2.22. The molecule has 1 aromatic carbocycles. The first-order chi connectivity index (χ1) is 9.75. The van der Waals surface area contributed by atoms with E-state index in [1.807, 2.05) is 18.2 Å². The molecule has 0 heterocycles. The van der Waals surface area contributed by atoms with Gasteiger partial charge in [0.05, 0.1) is 6.10 Å². The summed E-state index contributed by atoms with van der Waals surface area (Å²) in [5.74, 6) is 0.330. The van der Waals surface area contributed by atoms with Crippen molar-refractivity contribution < 1.29 is 9.84 Å². The van der Waals surface area contributed by atoms with E-state index in [4.69, 9.17) is 4.74 Å². The molecule has 1 aliphatic carbocycles. The highest BCUT2D eigenvalue weighted by Crippen LogP contribution is 2.20. The third-order valence-corrected chi connectivity index (χ3v) is 4.05. The van der Waals surface area contributed by atoms with Crippen molar-refractivity contribution in [2.24, 2.45) is 0 Å². The minimum atomic E-state index is 0.261. The number of nitrogens with one attached hydrogen (secondary N) is 1. The Hall–Kier alpha value is -1.06. The largest absolute Gasteiger partial charge is 0.508 e.